The number of benzene rings is 1. The Morgan fingerprint density at radius 1 is 1.25 bits per heavy atom. The summed E-state index contributed by atoms with van der Waals surface area (Å²) < 4.78 is 0. The van der Waals surface area contributed by atoms with Crippen LogP contribution in [0.3, 0.4) is 0 Å². The minimum Gasteiger partial charge on any atom is -0.354 e. The molecule has 0 spiro atoms. The Kier molecular flexibility index (Phi) is 10.2. The van der Waals surface area contributed by atoms with Gasteiger partial charge in [-0.05, 0) is 43.0 Å². The normalized spacial score (nSPS) is 11.8. The predicted octanol–water partition coefficient (Wildman–Crippen LogP) is 4.15. The number of halogens is 2. The van der Waals surface area contributed by atoms with Gasteiger partial charge in [0.05, 0.1) is 10.6 Å². The van der Waals surface area contributed by atoms with Gasteiger partial charge in [0.15, 0.2) is 0 Å². The number of carbonyl (C=O) groups excluding carboxylic acids is 2. The van der Waals surface area contributed by atoms with E-state index < -0.39 is 6.04 Å². The van der Waals surface area contributed by atoms with E-state index in [1.807, 2.05) is 6.26 Å². The van der Waals surface area contributed by atoms with Crippen LogP contribution >= 0.6 is 35.0 Å². The molecule has 1 rings (SSSR count). The average molecular weight is 391 g/mol. The maximum Gasteiger partial charge on any atom is 0.253 e. The highest BCUT2D eigenvalue weighted by molar-refractivity contribution is 7.98. The maximum absolute atomic E-state index is 12.4. The second-order valence-electron chi connectivity index (χ2n) is 5.43. The largest absolute Gasteiger partial charge is 0.354 e. The van der Waals surface area contributed by atoms with E-state index in [-0.39, 0.29) is 16.8 Å². The van der Waals surface area contributed by atoms with Crippen LogP contribution < -0.4 is 10.6 Å². The zero-order chi connectivity index (χ0) is 17.9. The number of rotatable bonds is 10. The van der Waals surface area contributed by atoms with Crippen molar-refractivity contribution in [3.8, 4) is 0 Å². The summed E-state index contributed by atoms with van der Waals surface area (Å²) in [6.45, 7) is 2.74. The molecule has 2 N–H and O–H groups in total. The first-order chi connectivity index (χ1) is 11.5. The van der Waals surface area contributed by atoms with Crippen molar-refractivity contribution in [2.45, 2.75) is 38.6 Å². The molecule has 0 aromatic heterocycles. The van der Waals surface area contributed by atoms with E-state index in [0.29, 0.717) is 23.6 Å². The maximum atomic E-state index is 12.4. The van der Waals surface area contributed by atoms with Crippen molar-refractivity contribution in [1.29, 1.82) is 0 Å². The van der Waals surface area contributed by atoms with Gasteiger partial charge in [-0.2, -0.15) is 11.8 Å². The molecule has 0 saturated carbocycles. The van der Waals surface area contributed by atoms with Crippen LogP contribution in [0.15, 0.2) is 18.2 Å². The third-order valence-corrected chi connectivity index (χ3v) is 4.68. The lowest BCUT2D eigenvalue weighted by molar-refractivity contribution is -0.123. The Labute approximate surface area is 158 Å². The van der Waals surface area contributed by atoms with Gasteiger partial charge in [0.1, 0.15) is 6.04 Å². The molecule has 1 aromatic carbocycles. The zero-order valence-electron chi connectivity index (χ0n) is 14.0. The molecule has 4 nitrogen and oxygen atoms in total. The molecule has 0 aliphatic carbocycles. The molecule has 1 aromatic rings. The standard InChI is InChI=1S/C17H24Cl2N2O2S/c1-3-4-5-9-20-17(23)15(8-10-24-2)21-16(22)13-7-6-12(18)11-14(13)19/h6-7,11,15H,3-5,8-10H2,1-2H3,(H,20,23)(H,21,22). The second kappa shape index (κ2) is 11.6. The van der Waals surface area contributed by atoms with E-state index in [4.69, 9.17) is 23.2 Å². The van der Waals surface area contributed by atoms with Crippen molar-refractivity contribution in [3.05, 3.63) is 33.8 Å². The number of amides is 2. The van der Waals surface area contributed by atoms with Crippen molar-refractivity contribution in [3.63, 3.8) is 0 Å². The molecule has 1 atom stereocenters. The van der Waals surface area contributed by atoms with E-state index in [1.54, 1.807) is 23.9 Å². The van der Waals surface area contributed by atoms with Crippen molar-refractivity contribution >= 4 is 46.8 Å². The van der Waals surface area contributed by atoms with Crippen LogP contribution in [0, 0.1) is 0 Å². The first-order valence-corrected chi connectivity index (χ1v) is 10.2. The van der Waals surface area contributed by atoms with Gasteiger partial charge in [-0.1, -0.05) is 43.0 Å². The number of nitrogens with one attached hydrogen (secondary N) is 2. The van der Waals surface area contributed by atoms with Crippen LogP contribution in [-0.2, 0) is 4.79 Å². The minimum absolute atomic E-state index is 0.154. The summed E-state index contributed by atoms with van der Waals surface area (Å²) in [5.41, 5.74) is 0.314. The smallest absolute Gasteiger partial charge is 0.253 e. The van der Waals surface area contributed by atoms with E-state index in [2.05, 4.69) is 17.6 Å². The van der Waals surface area contributed by atoms with Gasteiger partial charge in [-0.3, -0.25) is 9.59 Å². The number of hydrogen-bond donors (Lipinski definition) is 2. The van der Waals surface area contributed by atoms with Gasteiger partial charge >= 0.3 is 0 Å². The van der Waals surface area contributed by atoms with E-state index >= 15 is 0 Å². The summed E-state index contributed by atoms with van der Waals surface area (Å²) in [4.78, 5) is 24.7. The Bertz CT molecular complexity index is 555. The highest BCUT2D eigenvalue weighted by Gasteiger charge is 2.22. The molecule has 1 unspecified atom stereocenters. The fraction of sp³-hybridized carbons (Fsp3) is 0.529. The molecule has 0 aliphatic heterocycles. The first kappa shape index (κ1) is 21.1. The van der Waals surface area contributed by atoms with Crippen molar-refractivity contribution < 1.29 is 9.59 Å². The van der Waals surface area contributed by atoms with Crippen molar-refractivity contribution in [2.24, 2.45) is 0 Å². The summed E-state index contributed by atoms with van der Waals surface area (Å²) >= 11 is 13.5. The van der Waals surface area contributed by atoms with Crippen LogP contribution in [0.4, 0.5) is 0 Å². The monoisotopic (exact) mass is 390 g/mol. The highest BCUT2D eigenvalue weighted by atomic mass is 35.5. The Morgan fingerprint density at radius 3 is 2.62 bits per heavy atom. The van der Waals surface area contributed by atoms with Gasteiger partial charge in [0.2, 0.25) is 5.91 Å². The van der Waals surface area contributed by atoms with Crippen LogP contribution in [0.1, 0.15) is 43.0 Å². The molecule has 0 aliphatic rings. The average Bonchev–Trinajstić information content (AvgIpc) is 2.55. The topological polar surface area (TPSA) is 58.2 Å². The summed E-state index contributed by atoms with van der Waals surface area (Å²) in [7, 11) is 0. The van der Waals surface area contributed by atoms with Crippen molar-refractivity contribution in [2.75, 3.05) is 18.6 Å². The van der Waals surface area contributed by atoms with Crippen molar-refractivity contribution in [1.82, 2.24) is 10.6 Å². The molecule has 24 heavy (non-hydrogen) atoms. The van der Waals surface area contributed by atoms with Gasteiger partial charge in [-0.15, -0.1) is 0 Å². The highest BCUT2D eigenvalue weighted by Crippen LogP contribution is 2.21. The molecular formula is C17H24Cl2N2O2S. The Hall–Kier alpha value is -0.910. The van der Waals surface area contributed by atoms with Crippen LogP contribution in [0.5, 0.6) is 0 Å². The second-order valence-corrected chi connectivity index (χ2v) is 7.26. The van der Waals surface area contributed by atoms with Crippen LogP contribution in [0.25, 0.3) is 0 Å². The molecule has 0 radical (unpaired) electrons. The summed E-state index contributed by atoms with van der Waals surface area (Å²) in [5, 5.41) is 6.40. The lowest BCUT2D eigenvalue weighted by atomic mass is 10.1. The molecule has 2 amide bonds. The van der Waals surface area contributed by atoms with Crippen LogP contribution in [-0.4, -0.2) is 36.4 Å². The van der Waals surface area contributed by atoms with E-state index in [0.717, 1.165) is 25.0 Å². The molecule has 7 heteroatoms. The van der Waals surface area contributed by atoms with Gasteiger partial charge in [0.25, 0.3) is 5.91 Å². The Balaban J connectivity index is 2.69. The predicted molar refractivity (Wildman–Crippen MR) is 103 cm³/mol. The quantitative estimate of drug-likeness (QED) is 0.589. The SMILES string of the molecule is CCCCCNC(=O)C(CCSC)NC(=O)c1ccc(Cl)cc1Cl. The Morgan fingerprint density at radius 2 is 2.00 bits per heavy atom. The van der Waals surface area contributed by atoms with E-state index in [9.17, 15) is 9.59 Å². The summed E-state index contributed by atoms with van der Waals surface area (Å²) in [6, 6.07) is 4.10. The lowest BCUT2D eigenvalue weighted by Crippen LogP contribution is -2.47. The van der Waals surface area contributed by atoms with Gasteiger partial charge < -0.3 is 10.6 Å². The number of unbranched alkanes of at least 4 members (excludes halogenated alkanes) is 2. The number of carbonyl (C=O) groups is 2. The third kappa shape index (κ3) is 7.32. The minimum atomic E-state index is -0.571. The molecule has 0 bridgehead atoms. The van der Waals surface area contributed by atoms with Gasteiger partial charge in [0, 0.05) is 11.6 Å². The molecule has 0 saturated heterocycles. The summed E-state index contributed by atoms with van der Waals surface area (Å²) in [6.07, 6.45) is 5.64. The fourth-order valence-electron chi connectivity index (χ4n) is 2.12. The molecule has 0 heterocycles. The molecule has 134 valence electrons. The van der Waals surface area contributed by atoms with E-state index in [1.165, 1.54) is 6.07 Å². The number of thioether (sulfide) groups is 1. The fourth-order valence-corrected chi connectivity index (χ4v) is 3.09. The zero-order valence-corrected chi connectivity index (χ0v) is 16.4. The summed E-state index contributed by atoms with van der Waals surface area (Å²) in [5.74, 6) is 0.256. The molecular weight excluding hydrogens is 367 g/mol. The molecule has 0 fully saturated rings. The van der Waals surface area contributed by atoms with Gasteiger partial charge in [-0.25, -0.2) is 0 Å². The van der Waals surface area contributed by atoms with Crippen LogP contribution in [0.2, 0.25) is 10.0 Å². The third-order valence-electron chi connectivity index (χ3n) is 3.49. The first-order valence-electron chi connectivity index (χ1n) is 8.02. The number of hydrogen-bond acceptors (Lipinski definition) is 3. The lowest BCUT2D eigenvalue weighted by Gasteiger charge is -2.18.